The molecule has 4 amide bonds. The summed E-state index contributed by atoms with van der Waals surface area (Å²) >= 11 is 0. The number of carbonyl (C=O) groups excluding carboxylic acids is 2. The number of likely N-dealkylation sites (N-methyl/N-ethyl adjacent to an activating group) is 4. The molecule has 0 aromatic carbocycles. The fourth-order valence-corrected chi connectivity index (χ4v) is 1.77. The van der Waals surface area contributed by atoms with Crippen molar-refractivity contribution in [3.8, 4) is 0 Å². The van der Waals surface area contributed by atoms with Crippen LogP contribution in [0.3, 0.4) is 0 Å². The van der Waals surface area contributed by atoms with Gasteiger partial charge in [0.1, 0.15) is 0 Å². The van der Waals surface area contributed by atoms with E-state index in [4.69, 9.17) is 4.74 Å². The smallest absolute Gasteiger partial charge is 0.319 e. The number of ether oxygens (including phenoxy) is 1. The van der Waals surface area contributed by atoms with Gasteiger partial charge in [0, 0.05) is 54.4 Å². The molecule has 1 rings (SSSR count). The highest BCUT2D eigenvalue weighted by Gasteiger charge is 2.18. The van der Waals surface area contributed by atoms with Gasteiger partial charge in [-0.15, -0.1) is 0 Å². The fourth-order valence-electron chi connectivity index (χ4n) is 1.77. The van der Waals surface area contributed by atoms with Crippen LogP contribution in [-0.4, -0.2) is 99.2 Å². The van der Waals surface area contributed by atoms with Crippen LogP contribution < -0.4 is 0 Å². The number of hydrogen-bond acceptors (Lipinski definition) is 3. The fraction of sp³-hybridized carbons (Fsp3) is 0.833. The molecule has 1 saturated heterocycles. The molecule has 7 nitrogen and oxygen atoms in total. The minimum absolute atomic E-state index is 0.0583. The van der Waals surface area contributed by atoms with Crippen LogP contribution >= 0.6 is 0 Å². The lowest BCUT2D eigenvalue weighted by Gasteiger charge is -2.27. The largest absolute Gasteiger partial charge is 0.378 e. The average molecular weight is 272 g/mol. The van der Waals surface area contributed by atoms with Crippen LogP contribution in [0.1, 0.15) is 0 Å². The predicted molar refractivity (Wildman–Crippen MR) is 72.1 cm³/mol. The standard InChI is InChI=1S/C12H24N4O3/c1-13-5-6-14(2)12(18)16(4)8-10-19-9-7-15(3)11(13)17/h5-10H2,1-4H3. The van der Waals surface area contributed by atoms with E-state index in [1.165, 1.54) is 0 Å². The molecule has 0 aliphatic carbocycles. The Labute approximate surface area is 114 Å². The van der Waals surface area contributed by atoms with Gasteiger partial charge in [-0.3, -0.25) is 0 Å². The number of amides is 4. The Balaban J connectivity index is 2.67. The third-order valence-corrected chi connectivity index (χ3v) is 3.22. The molecule has 0 atom stereocenters. The van der Waals surface area contributed by atoms with Crippen LogP contribution in [0, 0.1) is 0 Å². The first-order valence-corrected chi connectivity index (χ1v) is 6.43. The quantitative estimate of drug-likeness (QED) is 0.623. The predicted octanol–water partition coefficient (Wildman–Crippen LogP) is -0.0162. The van der Waals surface area contributed by atoms with Crippen molar-refractivity contribution < 1.29 is 14.3 Å². The van der Waals surface area contributed by atoms with Crippen LogP contribution in [-0.2, 0) is 4.74 Å². The van der Waals surface area contributed by atoms with Gasteiger partial charge in [-0.05, 0) is 0 Å². The first kappa shape index (κ1) is 15.6. The Hall–Kier alpha value is -1.50. The zero-order chi connectivity index (χ0) is 14.4. The summed E-state index contributed by atoms with van der Waals surface area (Å²) in [5, 5.41) is 0. The van der Waals surface area contributed by atoms with Gasteiger partial charge in [-0.2, -0.15) is 0 Å². The molecule has 110 valence electrons. The van der Waals surface area contributed by atoms with Gasteiger partial charge in [0.2, 0.25) is 0 Å². The molecule has 0 spiro atoms. The molecule has 0 bridgehead atoms. The Bertz CT molecular complexity index is 294. The summed E-state index contributed by atoms with van der Waals surface area (Å²) in [6.45, 7) is 3.09. The topological polar surface area (TPSA) is 56.3 Å². The van der Waals surface area contributed by atoms with E-state index in [-0.39, 0.29) is 12.1 Å². The van der Waals surface area contributed by atoms with Gasteiger partial charge in [0.15, 0.2) is 0 Å². The molecular formula is C12H24N4O3. The highest BCUT2D eigenvalue weighted by Crippen LogP contribution is 1.99. The van der Waals surface area contributed by atoms with Crippen molar-refractivity contribution >= 4 is 12.1 Å². The molecule has 0 N–H and O–H groups in total. The van der Waals surface area contributed by atoms with Gasteiger partial charge < -0.3 is 24.3 Å². The summed E-state index contributed by atoms with van der Waals surface area (Å²) in [4.78, 5) is 30.4. The van der Waals surface area contributed by atoms with E-state index in [9.17, 15) is 9.59 Å². The van der Waals surface area contributed by atoms with Crippen molar-refractivity contribution in [1.82, 2.24) is 19.6 Å². The summed E-state index contributed by atoms with van der Waals surface area (Å²) in [6, 6.07) is -0.117. The average Bonchev–Trinajstić information content (AvgIpc) is 2.41. The lowest BCUT2D eigenvalue weighted by atomic mass is 10.5. The van der Waals surface area contributed by atoms with Gasteiger partial charge >= 0.3 is 12.1 Å². The molecule has 0 radical (unpaired) electrons. The zero-order valence-electron chi connectivity index (χ0n) is 12.3. The summed E-state index contributed by atoms with van der Waals surface area (Å²) < 4.78 is 5.43. The molecule has 1 aliphatic rings. The van der Waals surface area contributed by atoms with Crippen LogP contribution in [0.5, 0.6) is 0 Å². The third kappa shape index (κ3) is 4.59. The van der Waals surface area contributed by atoms with E-state index >= 15 is 0 Å². The van der Waals surface area contributed by atoms with Crippen LogP contribution in [0.25, 0.3) is 0 Å². The molecule has 0 aromatic heterocycles. The molecule has 1 heterocycles. The SMILES string of the molecule is CN1CCOCCN(C)C(=O)N(C)CCN(C)C1=O. The number of rotatable bonds is 0. The van der Waals surface area contributed by atoms with E-state index < -0.39 is 0 Å². The Morgan fingerprint density at radius 3 is 1.37 bits per heavy atom. The summed E-state index contributed by atoms with van der Waals surface area (Å²) in [5.74, 6) is 0. The normalized spacial score (nSPS) is 21.1. The van der Waals surface area contributed by atoms with Crippen LogP contribution in [0.4, 0.5) is 9.59 Å². The first-order chi connectivity index (χ1) is 8.93. The van der Waals surface area contributed by atoms with Crippen LogP contribution in [0.2, 0.25) is 0 Å². The van der Waals surface area contributed by atoms with Crippen molar-refractivity contribution in [3.63, 3.8) is 0 Å². The van der Waals surface area contributed by atoms with Gasteiger partial charge in [0.05, 0.1) is 13.2 Å². The monoisotopic (exact) mass is 272 g/mol. The molecule has 0 saturated carbocycles. The lowest BCUT2D eigenvalue weighted by molar-refractivity contribution is 0.0972. The third-order valence-electron chi connectivity index (χ3n) is 3.22. The Kier molecular flexibility index (Phi) is 5.88. The second-order valence-electron chi connectivity index (χ2n) is 4.86. The Morgan fingerprint density at radius 2 is 1.00 bits per heavy atom. The van der Waals surface area contributed by atoms with Gasteiger partial charge in [0.25, 0.3) is 0 Å². The van der Waals surface area contributed by atoms with E-state index in [1.807, 2.05) is 0 Å². The molecular weight excluding hydrogens is 248 g/mol. The Morgan fingerprint density at radius 1 is 0.684 bits per heavy atom. The van der Waals surface area contributed by atoms with Gasteiger partial charge in [-0.1, -0.05) is 0 Å². The van der Waals surface area contributed by atoms with Crippen molar-refractivity contribution in [3.05, 3.63) is 0 Å². The highest BCUT2D eigenvalue weighted by atomic mass is 16.5. The highest BCUT2D eigenvalue weighted by molar-refractivity contribution is 5.75. The van der Waals surface area contributed by atoms with Gasteiger partial charge in [-0.25, -0.2) is 9.59 Å². The van der Waals surface area contributed by atoms with Crippen molar-refractivity contribution in [1.29, 1.82) is 0 Å². The maximum Gasteiger partial charge on any atom is 0.319 e. The van der Waals surface area contributed by atoms with Crippen molar-refractivity contribution in [2.45, 2.75) is 0 Å². The van der Waals surface area contributed by atoms with Crippen molar-refractivity contribution in [2.24, 2.45) is 0 Å². The molecule has 0 aromatic rings. The zero-order valence-corrected chi connectivity index (χ0v) is 12.3. The second kappa shape index (κ2) is 7.18. The lowest BCUT2D eigenvalue weighted by Crippen LogP contribution is -2.45. The minimum Gasteiger partial charge on any atom is -0.378 e. The molecule has 19 heavy (non-hydrogen) atoms. The molecule has 0 unspecified atom stereocenters. The molecule has 1 fully saturated rings. The second-order valence-corrected chi connectivity index (χ2v) is 4.86. The number of hydrogen-bond donors (Lipinski definition) is 0. The van der Waals surface area contributed by atoms with E-state index in [0.29, 0.717) is 39.4 Å². The van der Waals surface area contributed by atoms with Crippen molar-refractivity contribution in [2.75, 3.05) is 67.6 Å². The minimum atomic E-state index is -0.0583. The van der Waals surface area contributed by atoms with E-state index in [1.54, 1.807) is 47.8 Å². The van der Waals surface area contributed by atoms with E-state index in [2.05, 4.69) is 0 Å². The number of urea groups is 2. The maximum absolute atomic E-state index is 12.0. The summed E-state index contributed by atoms with van der Waals surface area (Å²) in [6.07, 6.45) is 0. The van der Waals surface area contributed by atoms with E-state index in [0.717, 1.165) is 0 Å². The summed E-state index contributed by atoms with van der Waals surface area (Å²) in [7, 11) is 6.98. The maximum atomic E-state index is 12.0. The molecule has 7 heteroatoms. The van der Waals surface area contributed by atoms with Crippen LogP contribution in [0.15, 0.2) is 0 Å². The first-order valence-electron chi connectivity index (χ1n) is 6.43. The number of nitrogens with zero attached hydrogens (tertiary/aromatic N) is 4. The molecule has 1 aliphatic heterocycles. The summed E-state index contributed by atoms with van der Waals surface area (Å²) in [5.41, 5.74) is 0. The number of carbonyl (C=O) groups is 2.